The number of amides is 1. The predicted octanol–water partition coefficient (Wildman–Crippen LogP) is -0.285. The number of nitrogens with one attached hydrogen (secondary N) is 1. The van der Waals surface area contributed by atoms with Gasteiger partial charge in [0.25, 0.3) is 0 Å². The molecule has 96 valence electrons. The van der Waals surface area contributed by atoms with Crippen LogP contribution in [0.4, 0.5) is 0 Å². The van der Waals surface area contributed by atoms with Crippen molar-refractivity contribution < 1.29 is 9.90 Å². The fraction of sp³-hybridized carbons (Fsp3) is 0.909. The quantitative estimate of drug-likeness (QED) is 0.564. The summed E-state index contributed by atoms with van der Waals surface area (Å²) in [5.74, 6) is 0.0957. The van der Waals surface area contributed by atoms with Crippen LogP contribution >= 0.6 is 0 Å². The standard InChI is InChI=1S/C11H25N3O2/c1-5-6-14(10(2)15)8-7-13(4)11(16)9-12-3/h11-12,16H,5-9H2,1-4H3. The molecule has 0 aromatic rings. The van der Waals surface area contributed by atoms with E-state index in [1.807, 2.05) is 16.8 Å². The van der Waals surface area contributed by atoms with Crippen molar-refractivity contribution in [2.75, 3.05) is 40.3 Å². The van der Waals surface area contributed by atoms with E-state index in [4.69, 9.17) is 0 Å². The molecule has 0 aromatic heterocycles. The molecule has 0 radical (unpaired) electrons. The average molecular weight is 231 g/mol. The predicted molar refractivity (Wildman–Crippen MR) is 65.1 cm³/mol. The molecule has 0 rings (SSSR count). The minimum atomic E-state index is -0.500. The summed E-state index contributed by atoms with van der Waals surface area (Å²) in [7, 11) is 3.66. The zero-order valence-corrected chi connectivity index (χ0v) is 10.9. The summed E-state index contributed by atoms with van der Waals surface area (Å²) < 4.78 is 0. The molecule has 0 aliphatic rings. The van der Waals surface area contributed by atoms with Gasteiger partial charge in [-0.15, -0.1) is 0 Å². The van der Waals surface area contributed by atoms with Crippen molar-refractivity contribution in [3.63, 3.8) is 0 Å². The highest BCUT2D eigenvalue weighted by Crippen LogP contribution is 1.96. The van der Waals surface area contributed by atoms with Crippen LogP contribution in [0.1, 0.15) is 20.3 Å². The lowest BCUT2D eigenvalue weighted by molar-refractivity contribution is -0.129. The number of carbonyl (C=O) groups is 1. The van der Waals surface area contributed by atoms with E-state index in [0.717, 1.165) is 13.0 Å². The van der Waals surface area contributed by atoms with E-state index < -0.39 is 6.23 Å². The van der Waals surface area contributed by atoms with E-state index in [-0.39, 0.29) is 5.91 Å². The highest BCUT2D eigenvalue weighted by atomic mass is 16.3. The third-order valence-electron chi connectivity index (χ3n) is 2.56. The number of likely N-dealkylation sites (N-methyl/N-ethyl adjacent to an activating group) is 2. The van der Waals surface area contributed by atoms with Crippen LogP contribution in [-0.2, 0) is 4.79 Å². The third kappa shape index (κ3) is 6.05. The SMILES string of the molecule is CCCN(CCN(C)C(O)CNC)C(C)=O. The Labute approximate surface area is 98.4 Å². The van der Waals surface area contributed by atoms with Crippen LogP contribution in [0.25, 0.3) is 0 Å². The summed E-state index contributed by atoms with van der Waals surface area (Å²) in [5, 5.41) is 12.6. The van der Waals surface area contributed by atoms with E-state index in [0.29, 0.717) is 19.6 Å². The molecule has 0 saturated carbocycles. The Bertz CT molecular complexity index is 200. The number of nitrogens with zero attached hydrogens (tertiary/aromatic N) is 2. The van der Waals surface area contributed by atoms with E-state index in [9.17, 15) is 9.90 Å². The zero-order chi connectivity index (χ0) is 12.6. The monoisotopic (exact) mass is 231 g/mol. The molecule has 16 heavy (non-hydrogen) atoms. The van der Waals surface area contributed by atoms with Gasteiger partial charge in [0.1, 0.15) is 6.23 Å². The lowest BCUT2D eigenvalue weighted by atomic mass is 10.3. The number of aliphatic hydroxyl groups is 1. The number of rotatable bonds is 8. The first-order chi connectivity index (χ1) is 7.52. The van der Waals surface area contributed by atoms with Crippen molar-refractivity contribution in [3.05, 3.63) is 0 Å². The van der Waals surface area contributed by atoms with Crippen LogP contribution in [0, 0.1) is 0 Å². The zero-order valence-electron chi connectivity index (χ0n) is 10.9. The van der Waals surface area contributed by atoms with Crippen molar-refractivity contribution in [2.45, 2.75) is 26.5 Å². The first kappa shape index (κ1) is 15.3. The van der Waals surface area contributed by atoms with Gasteiger partial charge in [0.2, 0.25) is 5.91 Å². The van der Waals surface area contributed by atoms with Crippen LogP contribution in [0.2, 0.25) is 0 Å². The van der Waals surface area contributed by atoms with Gasteiger partial charge in [-0.25, -0.2) is 0 Å². The van der Waals surface area contributed by atoms with Crippen LogP contribution in [0.3, 0.4) is 0 Å². The third-order valence-corrected chi connectivity index (χ3v) is 2.56. The van der Waals surface area contributed by atoms with Gasteiger partial charge in [0, 0.05) is 33.1 Å². The maximum absolute atomic E-state index is 11.3. The molecule has 0 spiro atoms. The molecule has 2 N–H and O–H groups in total. The number of hydrogen-bond acceptors (Lipinski definition) is 4. The molecule has 5 nitrogen and oxygen atoms in total. The molecule has 0 bridgehead atoms. The highest BCUT2D eigenvalue weighted by molar-refractivity contribution is 5.73. The van der Waals surface area contributed by atoms with Crippen LogP contribution in [-0.4, -0.2) is 67.3 Å². The molecule has 0 saturated heterocycles. The van der Waals surface area contributed by atoms with Gasteiger partial charge in [-0.1, -0.05) is 6.92 Å². The second-order valence-corrected chi connectivity index (χ2v) is 4.02. The van der Waals surface area contributed by atoms with E-state index in [1.54, 1.807) is 14.0 Å². The second kappa shape index (κ2) is 8.50. The van der Waals surface area contributed by atoms with Crippen molar-refractivity contribution in [1.82, 2.24) is 15.1 Å². The lowest BCUT2D eigenvalue weighted by Crippen LogP contribution is -2.44. The minimum Gasteiger partial charge on any atom is -0.377 e. The average Bonchev–Trinajstić information content (AvgIpc) is 2.23. The largest absolute Gasteiger partial charge is 0.377 e. The van der Waals surface area contributed by atoms with E-state index in [2.05, 4.69) is 12.2 Å². The fourth-order valence-corrected chi connectivity index (χ4v) is 1.46. The maximum atomic E-state index is 11.3. The number of hydrogen-bond donors (Lipinski definition) is 2. The minimum absolute atomic E-state index is 0.0957. The van der Waals surface area contributed by atoms with Crippen molar-refractivity contribution in [1.29, 1.82) is 0 Å². The molecule has 0 fully saturated rings. The normalized spacial score (nSPS) is 12.9. The summed E-state index contributed by atoms with van der Waals surface area (Å²) >= 11 is 0. The molecule has 0 heterocycles. The van der Waals surface area contributed by atoms with Gasteiger partial charge in [-0.05, 0) is 20.5 Å². The number of aliphatic hydroxyl groups excluding tert-OH is 1. The highest BCUT2D eigenvalue weighted by Gasteiger charge is 2.12. The maximum Gasteiger partial charge on any atom is 0.219 e. The van der Waals surface area contributed by atoms with E-state index in [1.165, 1.54) is 0 Å². The molecule has 0 aliphatic heterocycles. The Balaban J connectivity index is 3.94. The summed E-state index contributed by atoms with van der Waals surface area (Å²) in [4.78, 5) is 14.9. The molecule has 1 amide bonds. The Kier molecular flexibility index (Phi) is 8.15. The topological polar surface area (TPSA) is 55.8 Å². The smallest absolute Gasteiger partial charge is 0.219 e. The van der Waals surface area contributed by atoms with Crippen LogP contribution in [0.5, 0.6) is 0 Å². The lowest BCUT2D eigenvalue weighted by Gasteiger charge is -2.27. The molecule has 0 aromatic carbocycles. The number of carbonyl (C=O) groups excluding carboxylic acids is 1. The second-order valence-electron chi connectivity index (χ2n) is 4.02. The summed E-state index contributed by atoms with van der Waals surface area (Å²) in [6, 6.07) is 0. The Morgan fingerprint density at radius 3 is 2.44 bits per heavy atom. The van der Waals surface area contributed by atoms with Crippen molar-refractivity contribution in [3.8, 4) is 0 Å². The summed E-state index contributed by atoms with van der Waals surface area (Å²) in [6.45, 7) is 6.30. The summed E-state index contributed by atoms with van der Waals surface area (Å²) in [5.41, 5.74) is 0. The van der Waals surface area contributed by atoms with Gasteiger partial charge < -0.3 is 15.3 Å². The fourth-order valence-electron chi connectivity index (χ4n) is 1.46. The van der Waals surface area contributed by atoms with Gasteiger partial charge >= 0.3 is 0 Å². The first-order valence-electron chi connectivity index (χ1n) is 5.81. The van der Waals surface area contributed by atoms with Gasteiger partial charge in [0.15, 0.2) is 0 Å². The molecule has 5 heteroatoms. The van der Waals surface area contributed by atoms with Crippen molar-refractivity contribution in [2.24, 2.45) is 0 Å². The molecule has 1 atom stereocenters. The van der Waals surface area contributed by atoms with Gasteiger partial charge in [0.05, 0.1) is 0 Å². The van der Waals surface area contributed by atoms with Gasteiger partial charge in [-0.2, -0.15) is 0 Å². The molecule has 1 unspecified atom stereocenters. The molecular weight excluding hydrogens is 206 g/mol. The molecule has 0 aliphatic carbocycles. The van der Waals surface area contributed by atoms with Crippen LogP contribution < -0.4 is 5.32 Å². The van der Waals surface area contributed by atoms with E-state index >= 15 is 0 Å². The Hall–Kier alpha value is -0.650. The Morgan fingerprint density at radius 1 is 1.38 bits per heavy atom. The van der Waals surface area contributed by atoms with Gasteiger partial charge in [-0.3, -0.25) is 9.69 Å². The van der Waals surface area contributed by atoms with Crippen molar-refractivity contribution >= 4 is 5.91 Å². The molecular formula is C11H25N3O2. The summed E-state index contributed by atoms with van der Waals surface area (Å²) in [6.07, 6.45) is 0.461. The first-order valence-corrected chi connectivity index (χ1v) is 5.81. The van der Waals surface area contributed by atoms with Crippen LogP contribution in [0.15, 0.2) is 0 Å². The Morgan fingerprint density at radius 2 is 2.00 bits per heavy atom.